The van der Waals surface area contributed by atoms with Crippen molar-refractivity contribution >= 4 is 23.4 Å². The van der Waals surface area contributed by atoms with E-state index in [1.165, 1.54) is 18.2 Å². The summed E-state index contributed by atoms with van der Waals surface area (Å²) in [6.07, 6.45) is 2.38. The van der Waals surface area contributed by atoms with Gasteiger partial charge in [-0.15, -0.1) is 0 Å². The van der Waals surface area contributed by atoms with Crippen LogP contribution in [0, 0.1) is 29.3 Å². The highest BCUT2D eigenvalue weighted by atomic mass is 35.5. The van der Waals surface area contributed by atoms with Gasteiger partial charge in [-0.2, -0.15) is 0 Å². The van der Waals surface area contributed by atoms with Gasteiger partial charge < -0.3 is 15.4 Å². The summed E-state index contributed by atoms with van der Waals surface area (Å²) in [5.74, 6) is -2.91. The Morgan fingerprint density at radius 3 is 2.29 bits per heavy atom. The summed E-state index contributed by atoms with van der Waals surface area (Å²) in [5.41, 5.74) is 0.0471. The second-order valence-electron chi connectivity index (χ2n) is 7.89. The number of ether oxygens (including phenoxy) is 1. The van der Waals surface area contributed by atoms with Crippen LogP contribution in [0.25, 0.3) is 0 Å². The molecule has 2 aromatic rings. The van der Waals surface area contributed by atoms with Gasteiger partial charge >= 0.3 is 0 Å². The zero-order valence-corrected chi connectivity index (χ0v) is 17.1. The van der Waals surface area contributed by atoms with E-state index in [2.05, 4.69) is 10.6 Å². The van der Waals surface area contributed by atoms with Gasteiger partial charge in [0.25, 0.3) is 11.8 Å². The SMILES string of the molecule is O=C(COc1ccc(Cl)c(F)c1)N[C@H]1CC(NC(=O)c2ccc(F)c(F)c2)C2CCC21. The predicted molar refractivity (Wildman–Crippen MR) is 107 cm³/mol. The molecule has 0 bridgehead atoms. The molecule has 31 heavy (non-hydrogen) atoms. The molecule has 0 aromatic heterocycles. The molecular formula is C22H20ClF3N2O3. The van der Waals surface area contributed by atoms with Crippen LogP contribution < -0.4 is 15.4 Å². The van der Waals surface area contributed by atoms with Crippen molar-refractivity contribution in [2.75, 3.05) is 6.61 Å². The first-order chi connectivity index (χ1) is 14.8. The van der Waals surface area contributed by atoms with Crippen molar-refractivity contribution in [2.45, 2.75) is 31.3 Å². The molecule has 9 heteroatoms. The van der Waals surface area contributed by atoms with E-state index in [-0.39, 0.29) is 52.8 Å². The second kappa shape index (κ2) is 8.78. The molecule has 2 saturated carbocycles. The zero-order valence-electron chi connectivity index (χ0n) is 16.3. The van der Waals surface area contributed by atoms with Crippen LogP contribution in [0.2, 0.25) is 5.02 Å². The average Bonchev–Trinajstić information content (AvgIpc) is 2.92. The Morgan fingerprint density at radius 2 is 1.65 bits per heavy atom. The van der Waals surface area contributed by atoms with Crippen molar-refractivity contribution in [2.24, 2.45) is 11.8 Å². The minimum absolute atomic E-state index is 0.0322. The van der Waals surface area contributed by atoms with E-state index >= 15 is 0 Å². The average molecular weight is 453 g/mol. The predicted octanol–water partition coefficient (Wildman–Crippen LogP) is 3.85. The van der Waals surface area contributed by atoms with Crippen LogP contribution in [0.3, 0.4) is 0 Å². The van der Waals surface area contributed by atoms with Gasteiger partial charge in [0.2, 0.25) is 0 Å². The Morgan fingerprint density at radius 1 is 0.935 bits per heavy atom. The summed E-state index contributed by atoms with van der Waals surface area (Å²) in [7, 11) is 0. The zero-order chi connectivity index (χ0) is 22.1. The maximum Gasteiger partial charge on any atom is 0.258 e. The summed E-state index contributed by atoms with van der Waals surface area (Å²) in [4.78, 5) is 24.7. The number of hydrogen-bond donors (Lipinski definition) is 2. The first-order valence-corrected chi connectivity index (χ1v) is 10.3. The first kappa shape index (κ1) is 21.5. The number of amides is 2. The normalized spacial score (nSPS) is 24.1. The molecule has 2 amide bonds. The monoisotopic (exact) mass is 452 g/mol. The van der Waals surface area contributed by atoms with Crippen LogP contribution in [0.4, 0.5) is 13.2 Å². The number of benzene rings is 2. The minimum atomic E-state index is -1.08. The maximum atomic E-state index is 13.5. The van der Waals surface area contributed by atoms with E-state index < -0.39 is 23.4 Å². The highest BCUT2D eigenvalue weighted by Crippen LogP contribution is 2.47. The molecule has 5 nitrogen and oxygen atoms in total. The second-order valence-corrected chi connectivity index (χ2v) is 8.30. The molecule has 2 aliphatic carbocycles. The lowest BCUT2D eigenvalue weighted by Crippen LogP contribution is -2.44. The van der Waals surface area contributed by atoms with Crippen LogP contribution >= 0.6 is 11.6 Å². The van der Waals surface area contributed by atoms with Gasteiger partial charge in [-0.25, -0.2) is 13.2 Å². The van der Waals surface area contributed by atoms with Gasteiger partial charge in [0.1, 0.15) is 11.6 Å². The van der Waals surface area contributed by atoms with Gasteiger partial charge in [-0.3, -0.25) is 9.59 Å². The molecular weight excluding hydrogens is 433 g/mol. The van der Waals surface area contributed by atoms with E-state index in [1.54, 1.807) is 0 Å². The van der Waals surface area contributed by atoms with Crippen molar-refractivity contribution in [3.8, 4) is 5.75 Å². The van der Waals surface area contributed by atoms with Crippen molar-refractivity contribution in [3.05, 3.63) is 64.4 Å². The Hall–Kier alpha value is -2.74. The van der Waals surface area contributed by atoms with Gasteiger partial charge in [-0.1, -0.05) is 11.6 Å². The molecule has 4 rings (SSSR count). The molecule has 2 N–H and O–H groups in total. The molecule has 2 aromatic carbocycles. The van der Waals surface area contributed by atoms with Crippen molar-refractivity contribution < 1.29 is 27.5 Å². The van der Waals surface area contributed by atoms with Crippen molar-refractivity contribution in [1.29, 1.82) is 0 Å². The molecule has 3 unspecified atom stereocenters. The van der Waals surface area contributed by atoms with Gasteiger partial charge in [-0.05, 0) is 61.4 Å². The number of hydrogen-bond acceptors (Lipinski definition) is 3. The van der Waals surface area contributed by atoms with E-state index in [9.17, 15) is 22.8 Å². The summed E-state index contributed by atoms with van der Waals surface area (Å²) < 4.78 is 45.3. The molecule has 2 aliphatic rings. The fourth-order valence-electron chi connectivity index (χ4n) is 4.36. The topological polar surface area (TPSA) is 67.4 Å². The van der Waals surface area contributed by atoms with Crippen molar-refractivity contribution in [3.63, 3.8) is 0 Å². The Kier molecular flexibility index (Phi) is 6.09. The first-order valence-electron chi connectivity index (χ1n) is 9.95. The molecule has 2 fully saturated rings. The van der Waals surface area contributed by atoms with Gasteiger partial charge in [0.05, 0.1) is 5.02 Å². The third-order valence-corrected chi connectivity index (χ3v) is 6.34. The summed E-state index contributed by atoms with van der Waals surface area (Å²) in [5, 5.41) is 5.77. The molecule has 164 valence electrons. The van der Waals surface area contributed by atoms with E-state index in [0.717, 1.165) is 31.0 Å². The fraction of sp³-hybridized carbons (Fsp3) is 0.364. The van der Waals surface area contributed by atoms with Crippen LogP contribution in [-0.4, -0.2) is 30.5 Å². The molecule has 4 atom stereocenters. The van der Waals surface area contributed by atoms with Gasteiger partial charge in [0.15, 0.2) is 18.2 Å². The summed E-state index contributed by atoms with van der Waals surface area (Å²) >= 11 is 5.62. The Bertz CT molecular complexity index is 1020. The fourth-order valence-corrected chi connectivity index (χ4v) is 4.48. The van der Waals surface area contributed by atoms with Crippen molar-refractivity contribution in [1.82, 2.24) is 10.6 Å². The smallest absolute Gasteiger partial charge is 0.258 e. The Labute approximate surface area is 181 Å². The molecule has 0 saturated heterocycles. The standard InChI is InChI=1S/C22H20ClF3N2O3/c23-15-5-2-12(8-17(15)25)31-10-21(29)27-19-9-20(14-4-3-13(14)19)28-22(30)11-1-6-16(24)18(26)7-11/h1-2,5-8,13-14,19-20H,3-4,9-10H2,(H,27,29)(H,28,30)/t13?,14?,19-,20?/m0/s1. The number of carbonyl (C=O) groups is 2. The Balaban J connectivity index is 1.31. The minimum Gasteiger partial charge on any atom is -0.484 e. The highest BCUT2D eigenvalue weighted by molar-refractivity contribution is 6.30. The molecule has 0 heterocycles. The van der Waals surface area contributed by atoms with E-state index in [1.807, 2.05) is 0 Å². The highest BCUT2D eigenvalue weighted by Gasteiger charge is 2.49. The van der Waals surface area contributed by atoms with Crippen LogP contribution in [0.5, 0.6) is 5.75 Å². The quantitative estimate of drug-likeness (QED) is 0.699. The van der Waals surface area contributed by atoms with E-state index in [0.29, 0.717) is 6.42 Å². The van der Waals surface area contributed by atoms with E-state index in [4.69, 9.17) is 16.3 Å². The largest absolute Gasteiger partial charge is 0.484 e. The lowest BCUT2D eigenvalue weighted by atomic mass is 9.73. The third-order valence-electron chi connectivity index (χ3n) is 6.03. The number of nitrogens with one attached hydrogen (secondary N) is 2. The molecule has 0 radical (unpaired) electrons. The number of carbonyl (C=O) groups excluding carboxylic acids is 2. The molecule has 0 spiro atoms. The number of halogens is 4. The van der Waals surface area contributed by atoms with Crippen LogP contribution in [0.15, 0.2) is 36.4 Å². The lowest BCUT2D eigenvalue weighted by Gasteiger charge is -2.36. The van der Waals surface area contributed by atoms with Crippen LogP contribution in [0.1, 0.15) is 29.6 Å². The maximum absolute atomic E-state index is 13.5. The summed E-state index contributed by atoms with van der Waals surface area (Å²) in [6.45, 7) is -0.277. The number of fused-ring (bicyclic) bond motifs is 1. The lowest BCUT2D eigenvalue weighted by molar-refractivity contribution is -0.124. The third kappa shape index (κ3) is 4.63. The number of rotatable bonds is 6. The molecule has 0 aliphatic heterocycles. The van der Waals surface area contributed by atoms with Crippen LogP contribution in [-0.2, 0) is 4.79 Å². The summed E-state index contributed by atoms with van der Waals surface area (Å²) in [6, 6.07) is 6.64. The van der Waals surface area contributed by atoms with Gasteiger partial charge in [0, 0.05) is 23.7 Å².